The lowest BCUT2D eigenvalue weighted by Gasteiger charge is -2.47. The van der Waals surface area contributed by atoms with Crippen LogP contribution in [0, 0.1) is 20.8 Å². The van der Waals surface area contributed by atoms with Crippen LogP contribution in [0.5, 0.6) is 40.2 Å². The van der Waals surface area contributed by atoms with Crippen molar-refractivity contribution in [3.63, 3.8) is 0 Å². The van der Waals surface area contributed by atoms with Gasteiger partial charge in [0, 0.05) is 92.3 Å². The van der Waals surface area contributed by atoms with Crippen LogP contribution in [0.15, 0.2) is 169 Å². The molecular weight excluding hydrogens is 1970 g/mol. The molecule has 4 aliphatic heterocycles. The fourth-order valence-corrected chi connectivity index (χ4v) is 17.3. The minimum atomic E-state index is -1.52. The van der Waals surface area contributed by atoms with Gasteiger partial charge in [0.05, 0.1) is 27.8 Å². The van der Waals surface area contributed by atoms with E-state index in [0.717, 1.165) is 11.1 Å². The molecule has 8 amide bonds. The third-order valence-electron chi connectivity index (χ3n) is 24.5. The van der Waals surface area contributed by atoms with Crippen LogP contribution in [-0.4, -0.2) is 233 Å². The van der Waals surface area contributed by atoms with E-state index in [1.165, 1.54) is 109 Å². The summed E-state index contributed by atoms with van der Waals surface area (Å²) < 4.78 is 111. The van der Waals surface area contributed by atoms with Gasteiger partial charge in [0.2, 0.25) is 37.0 Å². The highest BCUT2D eigenvalue weighted by Gasteiger charge is 2.58. The average Bonchev–Trinajstić information content (AvgIpc) is 0.796. The summed E-state index contributed by atoms with van der Waals surface area (Å²) >= 11 is 0. The molecule has 808 valence electrons. The van der Waals surface area contributed by atoms with Crippen molar-refractivity contribution < 1.29 is 168 Å². The molecule has 0 saturated carbocycles. The molecule has 0 aliphatic carbocycles. The van der Waals surface area contributed by atoms with Gasteiger partial charge >= 0.3 is 46.9 Å². The van der Waals surface area contributed by atoms with Gasteiger partial charge in [0.15, 0.2) is 60.3 Å². The number of nitrogens with one attached hydrogen (secondary N) is 4. The molecule has 47 heteroatoms. The number of hydrogen-bond donors (Lipinski definition) is 15. The number of allylic oxidation sites excluding steroid dienone is 4. The normalized spacial score (nSPS) is 22.7. The van der Waals surface area contributed by atoms with Crippen LogP contribution in [0.25, 0.3) is 43.9 Å². The summed E-state index contributed by atoms with van der Waals surface area (Å²) in [6.45, 7) is 28.6. The van der Waals surface area contributed by atoms with Crippen LogP contribution >= 0.6 is 0 Å². The summed E-state index contributed by atoms with van der Waals surface area (Å²) in [5, 5.41) is 86.1. The number of amides is 8. The van der Waals surface area contributed by atoms with Crippen molar-refractivity contribution in [3.05, 3.63) is 213 Å². The second kappa shape index (κ2) is 47.5. The number of benzene rings is 6. The number of aryl methyl sites for hydroxylation is 3. The summed E-state index contributed by atoms with van der Waals surface area (Å²) in [4.78, 5) is 144. The first-order chi connectivity index (χ1) is 70.3. The first-order valence-corrected chi connectivity index (χ1v) is 46.5. The van der Waals surface area contributed by atoms with E-state index in [9.17, 15) is 93.3 Å². The van der Waals surface area contributed by atoms with Crippen molar-refractivity contribution in [1.29, 1.82) is 0 Å². The molecule has 19 N–H and O–H groups in total. The predicted molar refractivity (Wildman–Crippen MR) is 536 cm³/mol. The Bertz CT molecular complexity index is 7080. The summed E-state index contributed by atoms with van der Waals surface area (Å²) in [7, 11) is 5.54. The highest BCUT2D eigenvalue weighted by molar-refractivity contribution is 6.07. The Kier molecular flexibility index (Phi) is 36.4. The molecule has 4 unspecified atom stereocenters. The highest BCUT2D eigenvalue weighted by Crippen LogP contribution is 2.44. The Hall–Kier alpha value is -15.3. The summed E-state index contributed by atoms with van der Waals surface area (Å²) in [6, 6.07) is 27.1. The maximum atomic E-state index is 13.0. The number of primary amides is 4. The lowest BCUT2D eigenvalue weighted by atomic mass is 9.89. The molecule has 16 atom stereocenters. The molecule has 4 saturated heterocycles. The minimum absolute atomic E-state index is 0.0125. The Balaban J connectivity index is 0.000000192. The van der Waals surface area contributed by atoms with E-state index in [2.05, 4.69) is 21.3 Å². The second-order valence-corrected chi connectivity index (χ2v) is 37.9. The predicted octanol–water partition coefficient (Wildman–Crippen LogP) is 10.1. The van der Waals surface area contributed by atoms with Gasteiger partial charge in [-0.25, -0.2) is 38.4 Å². The van der Waals surface area contributed by atoms with Crippen LogP contribution in [0.1, 0.15) is 145 Å². The molecular formula is C103H122N8O39. The molecule has 6 aromatic carbocycles. The van der Waals surface area contributed by atoms with Crippen molar-refractivity contribution in [2.45, 2.75) is 251 Å². The number of nitrogens with two attached hydrogens (primary N) is 4. The molecule has 14 rings (SSSR count). The first kappa shape index (κ1) is 115. The molecule has 0 radical (unpaired) electrons. The number of phenols is 2. The number of methoxy groups -OCH3 is 4. The molecule has 0 spiro atoms. The first-order valence-electron chi connectivity index (χ1n) is 46.5. The van der Waals surface area contributed by atoms with Gasteiger partial charge in [0.25, 0.3) is 11.8 Å². The SMILES string of the molecule is CO[C@@H]1[C@H](OC(N)=O)[C@H](O)C(Oc2ccc3c(O)c(NC(=O)c4ccc(O)c(CC=C(C)C)c4)c(=O)oc3c2C)OC1(C)C.CO[C@@H]1[C@H](OC(N)=O)[C@H](O)C(Oc2ccc3cc(NC(=O)c4ccc(O)c(CC=C(C)C)c4)c(=O)oc3c2C)OC1(C)C.CO[C@@H]1[C@H](OC(N)=O)[C@H](O)C(Oc2ccc3cc(NC(C)=O)c(=O)oc3c2)OC1(C)C.CO[C@@H]1[C@H](OC(N)=O)[C@H](O)C(Oc2ccc3cc(NC(C)=O)c(=O)oc3c2C)OC1(C)C. The van der Waals surface area contributed by atoms with E-state index in [1.54, 1.807) is 119 Å². The van der Waals surface area contributed by atoms with Gasteiger partial charge in [-0.2, -0.15) is 0 Å². The number of aliphatic hydroxyl groups is 4. The van der Waals surface area contributed by atoms with E-state index in [4.69, 9.17) is 116 Å². The number of carbonyl (C=O) groups is 8. The zero-order valence-electron chi connectivity index (χ0n) is 85.7. The maximum absolute atomic E-state index is 13.0. The third-order valence-corrected chi connectivity index (χ3v) is 24.5. The third kappa shape index (κ3) is 26.9. The highest BCUT2D eigenvalue weighted by atomic mass is 16.8. The second-order valence-electron chi connectivity index (χ2n) is 37.9. The number of ether oxygens (including phenoxy) is 16. The van der Waals surface area contributed by atoms with Crippen molar-refractivity contribution in [2.24, 2.45) is 22.9 Å². The largest absolute Gasteiger partial charge is 0.508 e. The Morgan fingerprint density at radius 2 is 0.687 bits per heavy atom. The van der Waals surface area contributed by atoms with Crippen LogP contribution in [0.3, 0.4) is 0 Å². The van der Waals surface area contributed by atoms with Crippen molar-refractivity contribution in [1.82, 2.24) is 0 Å². The monoisotopic (exact) mass is 2090 g/mol. The standard InChI is InChI=1S/C31H36N2O11.C31H36N2O10.C21H26N2O9.C20H24N2O9/c1-14(2)7-8-16-13-17(9-11-19(16)34)27(37)33-21-22(35)18-10-12-20(15(3)24(18)42-28(21)38)41-29-23(36)25(43-30(32)39)26(40-6)31(4,5)44-29;1-15(2)7-8-17-13-19(9-11-21(17)34)27(36)33-20-14-18-10-12-22(16(3)24(18)41-28(20)37)40-29-23(35)25(42-30(32)38)26(39-6)31(4,5)43-29;1-9-13(7-6-11-8-12(23-10(2)24)18(26)30-15(9)11)29-19-14(25)16(31-20(22)27)17(28-5)21(3,4)32-19;1-9(23)22-12-7-10-5-6-11(8-13(10)29-17(12)25)28-18-14(24)15(30-19(21)26)16(27-4)20(2,3)31-18/h7,9-13,23,25-26,29,34-36H,8H2,1-6H3,(H2,32,39)(H,33,37);7,9-14,23,25-26,29,34-35H,8H2,1-6H3,(H2,32,38)(H,33,36);6-8,14,16-17,19,25H,1-5H3,(H2,22,27)(H,23,24);5-8,14-16,18,24H,1-4H3,(H2,21,26)(H,22,23)/t2*23-,25+,26+,29?;14-,16+,17+,19?;14-,15+,16+,18?/m0000/s1. The summed E-state index contributed by atoms with van der Waals surface area (Å²) in [5.41, 5.74) is 18.1. The van der Waals surface area contributed by atoms with Gasteiger partial charge in [0.1, 0.15) is 98.3 Å². The molecule has 10 aromatic rings. The number of aromatic hydroxyl groups is 3. The summed E-state index contributed by atoms with van der Waals surface area (Å²) in [6.07, 6.45) is -18.7. The molecule has 150 heavy (non-hydrogen) atoms. The van der Waals surface area contributed by atoms with E-state index < -0.39 is 203 Å². The van der Waals surface area contributed by atoms with E-state index in [1.807, 2.05) is 39.8 Å². The smallest absolute Gasteiger partial charge is 0.404 e. The zero-order valence-corrected chi connectivity index (χ0v) is 85.7. The maximum Gasteiger partial charge on any atom is 0.404 e. The molecule has 4 fully saturated rings. The Labute approximate surface area is 855 Å². The van der Waals surface area contributed by atoms with Gasteiger partial charge < -0.3 is 173 Å². The van der Waals surface area contributed by atoms with Gasteiger partial charge in [-0.1, -0.05) is 23.3 Å². The number of rotatable bonds is 26. The van der Waals surface area contributed by atoms with Crippen LogP contribution in [0.4, 0.5) is 41.9 Å². The number of anilines is 4. The van der Waals surface area contributed by atoms with Gasteiger partial charge in [-0.3, -0.25) is 19.2 Å². The van der Waals surface area contributed by atoms with Gasteiger partial charge in [-0.05, 0) is 231 Å². The zero-order chi connectivity index (χ0) is 111. The molecule has 8 heterocycles. The quantitative estimate of drug-likeness (QED) is 0.0136. The Morgan fingerprint density at radius 1 is 0.373 bits per heavy atom. The van der Waals surface area contributed by atoms with Crippen molar-refractivity contribution >= 4 is 115 Å². The lowest BCUT2D eigenvalue weighted by Crippen LogP contribution is -2.65. The minimum Gasteiger partial charge on any atom is -0.508 e. The van der Waals surface area contributed by atoms with Crippen LogP contribution in [-0.2, 0) is 79.3 Å². The number of carbonyl (C=O) groups excluding carboxylic acids is 8. The van der Waals surface area contributed by atoms with E-state index in [0.29, 0.717) is 51.3 Å². The number of fused-ring (bicyclic) bond motifs is 4. The topological polar surface area (TPSA) is 699 Å². The fraction of sp³-hybridized carbons (Fsp3) is 0.417. The fourth-order valence-electron chi connectivity index (χ4n) is 17.3. The molecule has 47 nitrogen and oxygen atoms in total. The molecule has 4 aromatic heterocycles. The number of phenolic OH excluding ortho intramolecular Hbond substituents is 2. The summed E-state index contributed by atoms with van der Waals surface area (Å²) in [5.74, 6) is -1.66. The van der Waals surface area contributed by atoms with Crippen LogP contribution in [0.2, 0.25) is 0 Å². The average molecular weight is 2100 g/mol. The van der Waals surface area contributed by atoms with Crippen LogP contribution < -0.4 is 85.7 Å². The van der Waals surface area contributed by atoms with E-state index >= 15 is 0 Å². The lowest BCUT2D eigenvalue weighted by molar-refractivity contribution is -0.304. The molecule has 0 bridgehead atoms. The number of hydrogen-bond acceptors (Lipinski definition) is 39. The Morgan fingerprint density at radius 3 is 1.03 bits per heavy atom. The number of aliphatic hydroxyl groups excluding tert-OH is 4. The van der Waals surface area contributed by atoms with Crippen molar-refractivity contribution in [2.75, 3.05) is 49.7 Å². The van der Waals surface area contributed by atoms with Crippen molar-refractivity contribution in [3.8, 4) is 40.2 Å². The van der Waals surface area contributed by atoms with E-state index in [-0.39, 0.29) is 96.0 Å². The van der Waals surface area contributed by atoms with Gasteiger partial charge in [-0.15, -0.1) is 0 Å². The molecule has 4 aliphatic rings.